The molecule has 1 saturated heterocycles. The van der Waals surface area contributed by atoms with Crippen molar-refractivity contribution < 1.29 is 0 Å². The minimum atomic E-state index is 0.299. The minimum absolute atomic E-state index is 0.299. The molecule has 2 heteroatoms. The Kier molecular flexibility index (Phi) is 2.85. The van der Waals surface area contributed by atoms with Crippen molar-refractivity contribution >= 4 is 0 Å². The molecule has 2 nitrogen and oxygen atoms in total. The fraction of sp³-hybridized carbons (Fsp3) is 0.500. The molecule has 0 bridgehead atoms. The number of hydrogen-bond acceptors (Lipinski definition) is 2. The van der Waals surface area contributed by atoms with Crippen LogP contribution in [0.15, 0.2) is 30.3 Å². The monoisotopic (exact) mass is 190 g/mol. The van der Waals surface area contributed by atoms with E-state index in [0.717, 1.165) is 6.54 Å². The lowest BCUT2D eigenvalue weighted by molar-refractivity contribution is 0.0665. The average molecular weight is 190 g/mol. The van der Waals surface area contributed by atoms with Crippen LogP contribution < -0.4 is 5.73 Å². The van der Waals surface area contributed by atoms with Crippen molar-refractivity contribution in [2.24, 2.45) is 5.73 Å². The van der Waals surface area contributed by atoms with E-state index < -0.39 is 0 Å². The van der Waals surface area contributed by atoms with Gasteiger partial charge in [-0.25, -0.2) is 0 Å². The summed E-state index contributed by atoms with van der Waals surface area (Å²) < 4.78 is 0. The number of benzene rings is 1. The number of likely N-dealkylation sites (tertiary alicyclic amines) is 1. The van der Waals surface area contributed by atoms with Gasteiger partial charge in [-0.15, -0.1) is 0 Å². The van der Waals surface area contributed by atoms with Gasteiger partial charge in [-0.1, -0.05) is 30.3 Å². The number of rotatable bonds is 3. The van der Waals surface area contributed by atoms with Crippen LogP contribution in [-0.2, 0) is 6.54 Å². The molecule has 1 heterocycles. The maximum atomic E-state index is 5.90. The third kappa shape index (κ3) is 1.97. The Morgan fingerprint density at radius 3 is 2.64 bits per heavy atom. The van der Waals surface area contributed by atoms with Crippen LogP contribution in [0, 0.1) is 0 Å². The first kappa shape index (κ1) is 9.69. The van der Waals surface area contributed by atoms with E-state index in [0.29, 0.717) is 12.1 Å². The van der Waals surface area contributed by atoms with E-state index >= 15 is 0 Å². The second kappa shape index (κ2) is 4.11. The molecule has 1 aliphatic heterocycles. The van der Waals surface area contributed by atoms with Gasteiger partial charge in [-0.3, -0.25) is 4.90 Å². The fourth-order valence-corrected chi connectivity index (χ4v) is 2.07. The van der Waals surface area contributed by atoms with Gasteiger partial charge in [-0.05, 0) is 18.9 Å². The Morgan fingerprint density at radius 1 is 1.43 bits per heavy atom. The van der Waals surface area contributed by atoms with Crippen molar-refractivity contribution in [1.82, 2.24) is 4.90 Å². The standard InChI is InChI=1S/C12H18N2/c1-10(13)12-7-8-14(12)9-11-5-3-2-4-6-11/h2-6,10,12H,7-9,13H2,1H3/t10-,12+/m0/s1. The summed E-state index contributed by atoms with van der Waals surface area (Å²) in [6.07, 6.45) is 1.25. The smallest absolute Gasteiger partial charge is 0.0260 e. The van der Waals surface area contributed by atoms with Gasteiger partial charge < -0.3 is 5.73 Å². The summed E-state index contributed by atoms with van der Waals surface area (Å²) in [4.78, 5) is 2.46. The molecule has 0 amide bonds. The predicted octanol–water partition coefficient (Wildman–Crippen LogP) is 1.61. The topological polar surface area (TPSA) is 29.3 Å². The van der Waals surface area contributed by atoms with E-state index in [1.807, 2.05) is 0 Å². The molecule has 0 aliphatic carbocycles. The SMILES string of the molecule is C[C@H](N)[C@H]1CCN1Cc1ccccc1. The van der Waals surface area contributed by atoms with Crippen LogP contribution in [0.25, 0.3) is 0 Å². The van der Waals surface area contributed by atoms with Crippen molar-refractivity contribution in [2.75, 3.05) is 6.54 Å². The molecule has 0 radical (unpaired) electrons. The van der Waals surface area contributed by atoms with Crippen LogP contribution >= 0.6 is 0 Å². The molecule has 1 aliphatic rings. The molecule has 1 aromatic rings. The molecule has 14 heavy (non-hydrogen) atoms. The highest BCUT2D eigenvalue weighted by atomic mass is 15.2. The van der Waals surface area contributed by atoms with Crippen molar-refractivity contribution in [3.05, 3.63) is 35.9 Å². The highest BCUT2D eigenvalue weighted by Crippen LogP contribution is 2.22. The maximum absolute atomic E-state index is 5.90. The quantitative estimate of drug-likeness (QED) is 0.784. The summed E-state index contributed by atoms with van der Waals surface area (Å²) in [7, 11) is 0. The lowest BCUT2D eigenvalue weighted by Gasteiger charge is -2.43. The molecule has 1 aromatic carbocycles. The Morgan fingerprint density at radius 2 is 2.14 bits per heavy atom. The highest BCUT2D eigenvalue weighted by molar-refractivity contribution is 5.15. The molecular formula is C12H18N2. The Hall–Kier alpha value is -0.860. The molecule has 76 valence electrons. The van der Waals surface area contributed by atoms with E-state index in [-0.39, 0.29) is 0 Å². The maximum Gasteiger partial charge on any atom is 0.0260 e. The van der Waals surface area contributed by atoms with E-state index in [2.05, 4.69) is 42.2 Å². The predicted molar refractivity (Wildman–Crippen MR) is 58.9 cm³/mol. The second-order valence-corrected chi connectivity index (χ2v) is 4.17. The molecule has 0 saturated carbocycles. The first-order valence-electron chi connectivity index (χ1n) is 5.31. The number of nitrogens with zero attached hydrogens (tertiary/aromatic N) is 1. The highest BCUT2D eigenvalue weighted by Gasteiger charge is 2.30. The van der Waals surface area contributed by atoms with Crippen LogP contribution in [0.3, 0.4) is 0 Å². The second-order valence-electron chi connectivity index (χ2n) is 4.17. The van der Waals surface area contributed by atoms with E-state index in [4.69, 9.17) is 5.73 Å². The molecular weight excluding hydrogens is 172 g/mol. The molecule has 2 N–H and O–H groups in total. The Bertz CT molecular complexity index is 282. The van der Waals surface area contributed by atoms with Gasteiger partial charge in [0.1, 0.15) is 0 Å². The average Bonchev–Trinajstić information content (AvgIpc) is 2.13. The van der Waals surface area contributed by atoms with Gasteiger partial charge >= 0.3 is 0 Å². The van der Waals surface area contributed by atoms with E-state index in [1.165, 1.54) is 18.5 Å². The summed E-state index contributed by atoms with van der Waals surface area (Å²) in [5, 5.41) is 0. The first-order chi connectivity index (χ1) is 6.77. The van der Waals surface area contributed by atoms with Gasteiger partial charge in [0.25, 0.3) is 0 Å². The number of nitrogens with two attached hydrogens (primary N) is 1. The summed E-state index contributed by atoms with van der Waals surface area (Å²) in [5.41, 5.74) is 7.29. The summed E-state index contributed by atoms with van der Waals surface area (Å²) in [5.74, 6) is 0. The fourth-order valence-electron chi connectivity index (χ4n) is 2.07. The zero-order chi connectivity index (χ0) is 9.97. The van der Waals surface area contributed by atoms with Crippen LogP contribution in [0.1, 0.15) is 18.9 Å². The normalized spacial score (nSPS) is 24.3. The largest absolute Gasteiger partial charge is 0.327 e. The van der Waals surface area contributed by atoms with Crippen molar-refractivity contribution in [3.63, 3.8) is 0 Å². The van der Waals surface area contributed by atoms with Gasteiger partial charge in [-0.2, -0.15) is 0 Å². The van der Waals surface area contributed by atoms with E-state index in [9.17, 15) is 0 Å². The van der Waals surface area contributed by atoms with Crippen LogP contribution in [0.5, 0.6) is 0 Å². The lowest BCUT2D eigenvalue weighted by Crippen LogP contribution is -2.55. The van der Waals surface area contributed by atoms with Crippen LogP contribution in [-0.4, -0.2) is 23.5 Å². The summed E-state index contributed by atoms with van der Waals surface area (Å²) >= 11 is 0. The zero-order valence-electron chi connectivity index (χ0n) is 8.69. The van der Waals surface area contributed by atoms with Crippen LogP contribution in [0.2, 0.25) is 0 Å². The Labute approximate surface area is 85.7 Å². The summed E-state index contributed by atoms with van der Waals surface area (Å²) in [6, 6.07) is 11.5. The van der Waals surface area contributed by atoms with Crippen molar-refractivity contribution in [3.8, 4) is 0 Å². The Balaban J connectivity index is 1.93. The van der Waals surface area contributed by atoms with Gasteiger partial charge in [0.05, 0.1) is 0 Å². The minimum Gasteiger partial charge on any atom is -0.327 e. The number of hydrogen-bond donors (Lipinski definition) is 1. The first-order valence-corrected chi connectivity index (χ1v) is 5.31. The molecule has 0 aromatic heterocycles. The molecule has 2 atom stereocenters. The van der Waals surface area contributed by atoms with Gasteiger partial charge in [0.2, 0.25) is 0 Å². The molecule has 0 spiro atoms. The molecule has 1 fully saturated rings. The lowest BCUT2D eigenvalue weighted by atomic mass is 9.96. The van der Waals surface area contributed by atoms with Crippen molar-refractivity contribution in [1.29, 1.82) is 0 Å². The zero-order valence-corrected chi connectivity index (χ0v) is 8.69. The molecule has 2 rings (SSSR count). The van der Waals surface area contributed by atoms with E-state index in [1.54, 1.807) is 0 Å². The van der Waals surface area contributed by atoms with Gasteiger partial charge in [0.15, 0.2) is 0 Å². The van der Waals surface area contributed by atoms with Crippen LogP contribution in [0.4, 0.5) is 0 Å². The van der Waals surface area contributed by atoms with Crippen molar-refractivity contribution in [2.45, 2.75) is 32.0 Å². The third-order valence-electron chi connectivity index (χ3n) is 3.02. The van der Waals surface area contributed by atoms with Gasteiger partial charge in [0, 0.05) is 25.2 Å². The summed E-state index contributed by atoms with van der Waals surface area (Å²) in [6.45, 7) is 4.34. The third-order valence-corrected chi connectivity index (χ3v) is 3.02. The molecule has 0 unspecified atom stereocenters.